The fourth-order valence-corrected chi connectivity index (χ4v) is 10.4. The van der Waals surface area contributed by atoms with Crippen molar-refractivity contribution in [3.05, 3.63) is 0 Å². The molecule has 4 saturated heterocycles. The predicted octanol–water partition coefficient (Wildman–Crippen LogP) is 7.96. The van der Waals surface area contributed by atoms with Gasteiger partial charge in [-0.1, -0.05) is 15.9 Å². The number of aliphatic hydroxyl groups excluding tert-OH is 1. The second-order valence-electron chi connectivity index (χ2n) is 22.7. The zero-order chi connectivity index (χ0) is 45.8. The first-order valence-corrected chi connectivity index (χ1v) is 25.2. The molecule has 3 amide bonds. The van der Waals surface area contributed by atoms with E-state index in [2.05, 4.69) is 15.9 Å². The minimum atomic E-state index is -0.427. The van der Waals surface area contributed by atoms with Gasteiger partial charge in [-0.3, -0.25) is 4.79 Å². The number of piperidine rings is 3. The van der Waals surface area contributed by atoms with E-state index in [1.807, 2.05) is 77.0 Å². The number of halogens is 1. The summed E-state index contributed by atoms with van der Waals surface area (Å²) < 4.78 is 21.2. The maximum Gasteiger partial charge on any atom is 1.00 e. The largest absolute Gasteiger partial charge is 1.00 e. The molecule has 15 heteroatoms. The van der Waals surface area contributed by atoms with Gasteiger partial charge in [-0.2, -0.15) is 0 Å². The summed E-state index contributed by atoms with van der Waals surface area (Å²) in [6, 6.07) is 0. The Morgan fingerprint density at radius 3 is 1.11 bits per heavy atom. The third kappa shape index (κ3) is 20.7. The summed E-state index contributed by atoms with van der Waals surface area (Å²) in [6.07, 6.45) is 21.1. The Hall–Kier alpha value is -1.06. The van der Waals surface area contributed by atoms with Crippen LogP contribution in [0.2, 0.25) is 0 Å². The normalized spacial score (nSPS) is 23.4. The third-order valence-electron chi connectivity index (χ3n) is 14.1. The first-order valence-electron chi connectivity index (χ1n) is 24.2. The van der Waals surface area contributed by atoms with Crippen LogP contribution >= 0.6 is 15.9 Å². The van der Waals surface area contributed by atoms with Crippen molar-refractivity contribution in [1.82, 2.24) is 14.7 Å². The molecule has 3 spiro atoms. The van der Waals surface area contributed by atoms with Crippen molar-refractivity contribution in [3.63, 3.8) is 0 Å². The number of Topliss-reactive ketones (excluding diaryl/α,β-unsaturated/α-hetero) is 1. The number of carbonyl (C=O) groups excluding carboxylic acids is 4. The molecule has 7 aliphatic rings. The topological polar surface area (TPSA) is 135 Å². The summed E-state index contributed by atoms with van der Waals surface area (Å²) >= 11 is 3.72. The first kappa shape index (κ1) is 59.1. The minimum Gasteiger partial charge on any atom is -1.00 e. The molecule has 0 unspecified atom stereocenters. The molecule has 7 fully saturated rings. The number of ketones is 1. The Kier molecular flexibility index (Phi) is 24.1. The van der Waals surface area contributed by atoms with E-state index in [0.29, 0.717) is 26.9 Å². The molecule has 0 bridgehead atoms. The van der Waals surface area contributed by atoms with Gasteiger partial charge in [0.05, 0.1) is 6.10 Å². The maximum atomic E-state index is 12.0. The van der Waals surface area contributed by atoms with Gasteiger partial charge in [0.15, 0.2) is 0 Å². The molecule has 7 rings (SSSR count). The molecular formula is C49H87BBrN3NaO9. The number of rotatable bonds is 0. The third-order valence-corrected chi connectivity index (χ3v) is 15.0. The van der Waals surface area contributed by atoms with E-state index in [0.717, 1.165) is 142 Å². The van der Waals surface area contributed by atoms with E-state index >= 15 is 0 Å². The second kappa shape index (κ2) is 26.1. The van der Waals surface area contributed by atoms with E-state index in [9.17, 15) is 24.3 Å². The van der Waals surface area contributed by atoms with Gasteiger partial charge < -0.3 is 40.2 Å². The van der Waals surface area contributed by atoms with Gasteiger partial charge in [0.1, 0.15) is 22.6 Å². The van der Waals surface area contributed by atoms with Crippen LogP contribution in [0.15, 0.2) is 0 Å². The number of carbonyl (C=O) groups is 4. The number of ether oxygens (including phenoxy) is 4. The smallest absolute Gasteiger partial charge is 1.00 e. The Morgan fingerprint density at radius 1 is 0.562 bits per heavy atom. The van der Waals surface area contributed by atoms with Crippen molar-refractivity contribution in [2.45, 2.75) is 218 Å². The second-order valence-corrected chi connectivity index (χ2v) is 24.0. The molecule has 1 N–H and O–H groups in total. The van der Waals surface area contributed by atoms with Gasteiger partial charge in [-0.25, -0.2) is 14.4 Å². The zero-order valence-electron chi connectivity index (χ0n) is 43.0. The molecule has 64 heavy (non-hydrogen) atoms. The molecular weight excluding hydrogens is 888 g/mol. The Bertz CT molecular complexity index is 1340. The minimum absolute atomic E-state index is 0. The van der Waals surface area contributed by atoms with Crippen molar-refractivity contribution in [1.29, 1.82) is 0 Å². The number of nitrogens with zero attached hydrogens (tertiary/aromatic N) is 3. The quantitative estimate of drug-likeness (QED) is 0.146. The van der Waals surface area contributed by atoms with E-state index in [1.165, 1.54) is 38.5 Å². The summed E-state index contributed by atoms with van der Waals surface area (Å²) in [4.78, 5) is 53.6. The number of hydrogen-bond donors (Lipinski definition) is 1. The monoisotopic (exact) mass is 975 g/mol. The van der Waals surface area contributed by atoms with Crippen molar-refractivity contribution >= 4 is 48.4 Å². The summed E-state index contributed by atoms with van der Waals surface area (Å²) in [5.74, 6) is 0.403. The molecule has 4 aliphatic heterocycles. The van der Waals surface area contributed by atoms with Gasteiger partial charge in [0.2, 0.25) is 0 Å². The summed E-state index contributed by atoms with van der Waals surface area (Å²) in [5, 5.41) is 9.61. The number of aliphatic hydroxyl groups is 1. The molecule has 4 heterocycles. The molecule has 0 atom stereocenters. The standard InChI is InChI=1S/C15H26BrNO2.C15H27NO3.C15H25NO3.C4H8O.B.Na.H/c1-14(2,3)19-13(18)17-10-8-15(9-11-17)6-4-12(16)5-7-15;2*1-14(2,3)19-13(18)16-10-8-15(9-11-16)6-4-12(17)5-7-15;1-2-4-5-3-1;;;/h12H,4-11H2,1-3H3;12,17H,4-11H2,1-3H3;4-11H2,1-3H3;1-4H2;;;/q;;;;;+1;-1. The van der Waals surface area contributed by atoms with Crippen LogP contribution < -0.4 is 29.6 Å². The van der Waals surface area contributed by atoms with Crippen LogP contribution in [0.3, 0.4) is 0 Å². The van der Waals surface area contributed by atoms with Gasteiger partial charge in [0, 0.05) is 78.6 Å². The summed E-state index contributed by atoms with van der Waals surface area (Å²) in [7, 11) is 0. The maximum absolute atomic E-state index is 12.0. The zero-order valence-corrected chi connectivity index (χ0v) is 45.5. The number of amides is 3. The van der Waals surface area contributed by atoms with Gasteiger partial charge in [-0.05, 0) is 194 Å². The number of likely N-dealkylation sites (tertiary alicyclic amines) is 3. The van der Waals surface area contributed by atoms with Crippen molar-refractivity contribution in [3.8, 4) is 0 Å². The van der Waals surface area contributed by atoms with Gasteiger partial charge in [0.25, 0.3) is 0 Å². The molecule has 3 radical (unpaired) electrons. The average molecular weight is 976 g/mol. The van der Waals surface area contributed by atoms with Crippen LogP contribution in [0.4, 0.5) is 14.4 Å². The van der Waals surface area contributed by atoms with Crippen LogP contribution in [0.1, 0.15) is 192 Å². The van der Waals surface area contributed by atoms with Crippen LogP contribution in [-0.4, -0.2) is 132 Å². The van der Waals surface area contributed by atoms with E-state index < -0.39 is 11.2 Å². The molecule has 3 aliphatic carbocycles. The van der Waals surface area contributed by atoms with Crippen molar-refractivity contribution in [2.75, 3.05) is 52.5 Å². The summed E-state index contributed by atoms with van der Waals surface area (Å²) in [5.41, 5.74) is -0.0438. The van der Waals surface area contributed by atoms with Crippen LogP contribution in [0.25, 0.3) is 0 Å². The van der Waals surface area contributed by atoms with Crippen LogP contribution in [-0.2, 0) is 23.7 Å². The average Bonchev–Trinajstić information content (AvgIpc) is 3.79. The summed E-state index contributed by atoms with van der Waals surface area (Å²) in [6.45, 7) is 24.0. The number of alkyl halides is 1. The molecule has 0 aromatic carbocycles. The van der Waals surface area contributed by atoms with Gasteiger partial charge >= 0.3 is 47.8 Å². The van der Waals surface area contributed by atoms with E-state index in [4.69, 9.17) is 18.9 Å². The molecule has 0 aromatic heterocycles. The van der Waals surface area contributed by atoms with E-state index in [-0.39, 0.29) is 69.4 Å². The SMILES string of the molecule is C1CCOC1.CC(C)(C)OC(=O)N1CCC2(CCC(=O)CC2)CC1.CC(C)(C)OC(=O)N1CCC2(CCC(Br)CC2)CC1.CC(C)(C)OC(=O)N1CCC2(CCC(O)CC2)CC1.[B].[H-].[Na+]. The molecule has 3 saturated carbocycles. The van der Waals surface area contributed by atoms with Gasteiger partial charge in [-0.15, -0.1) is 0 Å². The fourth-order valence-electron chi connectivity index (χ4n) is 9.95. The van der Waals surface area contributed by atoms with Crippen LogP contribution in [0, 0.1) is 16.2 Å². The van der Waals surface area contributed by atoms with Crippen molar-refractivity contribution in [2.24, 2.45) is 16.2 Å². The first-order chi connectivity index (χ1) is 28.9. The Labute approximate surface area is 421 Å². The molecule has 0 aromatic rings. The molecule has 12 nitrogen and oxygen atoms in total. The fraction of sp³-hybridized carbons (Fsp3) is 0.918. The van der Waals surface area contributed by atoms with E-state index in [1.54, 1.807) is 0 Å². The molecule has 363 valence electrons. The predicted molar refractivity (Wildman–Crippen MR) is 254 cm³/mol. The van der Waals surface area contributed by atoms with Crippen LogP contribution in [0.5, 0.6) is 0 Å². The number of hydrogen-bond acceptors (Lipinski definition) is 9. The van der Waals surface area contributed by atoms with Crippen molar-refractivity contribution < 1.29 is 74.2 Å². The Morgan fingerprint density at radius 2 is 0.844 bits per heavy atom. The Balaban J connectivity index is 0.000000451.